The highest BCUT2D eigenvalue weighted by Crippen LogP contribution is 2.14. The summed E-state index contributed by atoms with van der Waals surface area (Å²) in [5.74, 6) is 0.700. The normalized spacial score (nSPS) is 10.8. The molecule has 104 valence electrons. The fraction of sp³-hybridized carbons (Fsp3) is 0.235. The van der Waals surface area contributed by atoms with Crippen LogP contribution in [0.25, 0.3) is 6.08 Å². The van der Waals surface area contributed by atoms with Gasteiger partial charge in [0.25, 0.3) is 0 Å². The van der Waals surface area contributed by atoms with E-state index in [1.165, 1.54) is 5.56 Å². The lowest BCUT2D eigenvalue weighted by atomic mass is 10.2. The van der Waals surface area contributed by atoms with Crippen LogP contribution in [0.3, 0.4) is 0 Å². The van der Waals surface area contributed by atoms with E-state index in [0.717, 1.165) is 18.7 Å². The van der Waals surface area contributed by atoms with Gasteiger partial charge in [-0.25, -0.2) is 4.98 Å². The first-order valence-corrected chi connectivity index (χ1v) is 6.89. The third-order valence-electron chi connectivity index (χ3n) is 2.84. The predicted molar refractivity (Wildman–Crippen MR) is 82.6 cm³/mol. The summed E-state index contributed by atoms with van der Waals surface area (Å²) >= 11 is 0. The first kappa shape index (κ1) is 14.3. The quantitative estimate of drug-likeness (QED) is 0.836. The van der Waals surface area contributed by atoms with Gasteiger partial charge in [-0.15, -0.1) is 0 Å². The van der Waals surface area contributed by atoms with E-state index in [1.54, 1.807) is 6.20 Å². The standard InChI is InChI=1S/C17H20N2O/c1-2-18-14-16-11-6-12-19-17(16)20-13-7-10-15-8-4-3-5-9-15/h3-12,18H,2,13-14H2,1H3. The number of aromatic nitrogens is 1. The highest BCUT2D eigenvalue weighted by atomic mass is 16.5. The second kappa shape index (κ2) is 8.12. The maximum atomic E-state index is 5.72. The molecule has 0 saturated carbocycles. The average molecular weight is 268 g/mol. The van der Waals surface area contributed by atoms with Crippen LogP contribution in [0.2, 0.25) is 0 Å². The summed E-state index contributed by atoms with van der Waals surface area (Å²) in [7, 11) is 0. The summed E-state index contributed by atoms with van der Waals surface area (Å²) < 4.78 is 5.72. The Morgan fingerprint density at radius 1 is 1.15 bits per heavy atom. The fourth-order valence-electron chi connectivity index (χ4n) is 1.82. The van der Waals surface area contributed by atoms with Crippen molar-refractivity contribution < 1.29 is 4.74 Å². The number of hydrogen-bond donors (Lipinski definition) is 1. The molecule has 0 bridgehead atoms. The van der Waals surface area contributed by atoms with Gasteiger partial charge in [-0.2, -0.15) is 0 Å². The predicted octanol–water partition coefficient (Wildman–Crippen LogP) is 3.28. The number of nitrogens with zero attached hydrogens (tertiary/aromatic N) is 1. The van der Waals surface area contributed by atoms with Crippen LogP contribution in [0.4, 0.5) is 0 Å². The van der Waals surface area contributed by atoms with E-state index in [-0.39, 0.29) is 0 Å². The second-order valence-corrected chi connectivity index (χ2v) is 4.37. The molecule has 2 rings (SSSR count). The van der Waals surface area contributed by atoms with Crippen molar-refractivity contribution in [3.63, 3.8) is 0 Å². The molecular weight excluding hydrogens is 248 g/mol. The molecule has 0 aliphatic rings. The van der Waals surface area contributed by atoms with Crippen LogP contribution in [-0.2, 0) is 6.54 Å². The molecule has 0 saturated heterocycles. The van der Waals surface area contributed by atoms with E-state index < -0.39 is 0 Å². The lowest BCUT2D eigenvalue weighted by Gasteiger charge is -2.08. The molecule has 1 aromatic carbocycles. The van der Waals surface area contributed by atoms with E-state index in [9.17, 15) is 0 Å². The van der Waals surface area contributed by atoms with Crippen LogP contribution in [0.15, 0.2) is 54.7 Å². The number of pyridine rings is 1. The summed E-state index contributed by atoms with van der Waals surface area (Å²) in [6, 6.07) is 14.1. The third kappa shape index (κ3) is 4.52. The van der Waals surface area contributed by atoms with E-state index in [2.05, 4.69) is 29.4 Å². The molecule has 0 unspecified atom stereocenters. The lowest BCUT2D eigenvalue weighted by molar-refractivity contribution is 0.343. The van der Waals surface area contributed by atoms with Crippen LogP contribution in [0, 0.1) is 0 Å². The Kier molecular flexibility index (Phi) is 5.80. The summed E-state index contributed by atoms with van der Waals surface area (Å²) in [5, 5.41) is 3.28. The fourth-order valence-corrected chi connectivity index (χ4v) is 1.82. The molecule has 3 heteroatoms. The summed E-state index contributed by atoms with van der Waals surface area (Å²) in [5.41, 5.74) is 2.26. The zero-order valence-corrected chi connectivity index (χ0v) is 11.8. The van der Waals surface area contributed by atoms with Crippen LogP contribution in [0.1, 0.15) is 18.1 Å². The van der Waals surface area contributed by atoms with Crippen molar-refractivity contribution in [1.82, 2.24) is 10.3 Å². The molecule has 0 fully saturated rings. The number of benzene rings is 1. The van der Waals surface area contributed by atoms with Crippen LogP contribution in [0.5, 0.6) is 5.88 Å². The lowest BCUT2D eigenvalue weighted by Crippen LogP contribution is -2.13. The maximum absolute atomic E-state index is 5.72. The zero-order valence-electron chi connectivity index (χ0n) is 11.8. The van der Waals surface area contributed by atoms with Gasteiger partial charge in [0.15, 0.2) is 0 Å². The van der Waals surface area contributed by atoms with E-state index in [4.69, 9.17) is 4.74 Å². The second-order valence-electron chi connectivity index (χ2n) is 4.37. The Bertz CT molecular complexity index is 538. The van der Waals surface area contributed by atoms with Crippen molar-refractivity contribution in [2.45, 2.75) is 13.5 Å². The first-order valence-electron chi connectivity index (χ1n) is 6.89. The van der Waals surface area contributed by atoms with Crippen LogP contribution < -0.4 is 10.1 Å². The minimum absolute atomic E-state index is 0.519. The van der Waals surface area contributed by atoms with Crippen molar-refractivity contribution in [3.8, 4) is 5.88 Å². The van der Waals surface area contributed by atoms with Gasteiger partial charge in [-0.05, 0) is 24.3 Å². The number of rotatable bonds is 7. The van der Waals surface area contributed by atoms with Gasteiger partial charge >= 0.3 is 0 Å². The molecule has 2 aromatic rings. The molecule has 20 heavy (non-hydrogen) atoms. The minimum atomic E-state index is 0.519. The molecule has 3 nitrogen and oxygen atoms in total. The Balaban J connectivity index is 1.89. The Morgan fingerprint density at radius 3 is 2.80 bits per heavy atom. The monoisotopic (exact) mass is 268 g/mol. The van der Waals surface area contributed by atoms with E-state index >= 15 is 0 Å². The Morgan fingerprint density at radius 2 is 2.00 bits per heavy atom. The van der Waals surface area contributed by atoms with E-state index in [1.807, 2.05) is 42.5 Å². The topological polar surface area (TPSA) is 34.2 Å². The SMILES string of the molecule is CCNCc1cccnc1OCC=Cc1ccccc1. The highest BCUT2D eigenvalue weighted by molar-refractivity contribution is 5.48. The number of nitrogens with one attached hydrogen (secondary N) is 1. The zero-order chi connectivity index (χ0) is 14.0. The van der Waals surface area contributed by atoms with Crippen molar-refractivity contribution in [2.24, 2.45) is 0 Å². The van der Waals surface area contributed by atoms with Gasteiger partial charge in [0, 0.05) is 18.3 Å². The Labute approximate surface area is 120 Å². The average Bonchev–Trinajstić information content (AvgIpc) is 2.51. The molecule has 0 atom stereocenters. The summed E-state index contributed by atoms with van der Waals surface area (Å²) in [6.45, 7) is 4.31. The minimum Gasteiger partial charge on any atom is -0.473 e. The van der Waals surface area contributed by atoms with Crippen LogP contribution in [-0.4, -0.2) is 18.1 Å². The van der Waals surface area contributed by atoms with Crippen molar-refractivity contribution in [1.29, 1.82) is 0 Å². The largest absolute Gasteiger partial charge is 0.473 e. The van der Waals surface area contributed by atoms with Gasteiger partial charge in [0.1, 0.15) is 6.61 Å². The van der Waals surface area contributed by atoms with Crippen molar-refractivity contribution >= 4 is 6.08 Å². The highest BCUT2D eigenvalue weighted by Gasteiger charge is 2.02. The maximum Gasteiger partial charge on any atom is 0.218 e. The molecule has 0 aliphatic heterocycles. The van der Waals surface area contributed by atoms with Crippen molar-refractivity contribution in [3.05, 3.63) is 65.9 Å². The number of ether oxygens (including phenoxy) is 1. The van der Waals surface area contributed by atoms with Gasteiger partial charge in [-0.1, -0.05) is 49.4 Å². The summed E-state index contributed by atoms with van der Waals surface area (Å²) in [4.78, 5) is 4.28. The van der Waals surface area contributed by atoms with Gasteiger partial charge in [-0.3, -0.25) is 0 Å². The molecular formula is C17H20N2O. The smallest absolute Gasteiger partial charge is 0.218 e. The van der Waals surface area contributed by atoms with Gasteiger partial charge < -0.3 is 10.1 Å². The number of hydrogen-bond acceptors (Lipinski definition) is 3. The third-order valence-corrected chi connectivity index (χ3v) is 2.84. The van der Waals surface area contributed by atoms with E-state index in [0.29, 0.717) is 12.5 Å². The van der Waals surface area contributed by atoms with Crippen molar-refractivity contribution in [2.75, 3.05) is 13.2 Å². The molecule has 1 heterocycles. The molecule has 0 radical (unpaired) electrons. The summed E-state index contributed by atoms with van der Waals surface area (Å²) in [6.07, 6.45) is 5.81. The molecule has 1 aromatic heterocycles. The molecule has 1 N–H and O–H groups in total. The van der Waals surface area contributed by atoms with Gasteiger partial charge in [0.2, 0.25) is 5.88 Å². The Hall–Kier alpha value is -2.13. The molecule has 0 amide bonds. The van der Waals surface area contributed by atoms with Crippen LogP contribution >= 0.6 is 0 Å². The molecule has 0 spiro atoms. The molecule has 0 aliphatic carbocycles. The first-order chi connectivity index (χ1) is 9.90. The van der Waals surface area contributed by atoms with Gasteiger partial charge in [0.05, 0.1) is 0 Å².